The Balaban J connectivity index is 1.56. The van der Waals surface area contributed by atoms with Crippen molar-refractivity contribution < 1.29 is 4.52 Å². The van der Waals surface area contributed by atoms with Crippen molar-refractivity contribution in [3.63, 3.8) is 0 Å². The van der Waals surface area contributed by atoms with E-state index in [1.54, 1.807) is 0 Å². The van der Waals surface area contributed by atoms with Gasteiger partial charge in [-0.25, -0.2) is 0 Å². The van der Waals surface area contributed by atoms with Gasteiger partial charge in [0, 0.05) is 37.2 Å². The second kappa shape index (κ2) is 6.77. The molecule has 0 aliphatic carbocycles. The molecule has 0 N–H and O–H groups in total. The van der Waals surface area contributed by atoms with Crippen LogP contribution >= 0.6 is 11.6 Å². The van der Waals surface area contributed by atoms with Crippen molar-refractivity contribution in [3.8, 4) is 0 Å². The predicted molar refractivity (Wildman–Crippen MR) is 85.8 cm³/mol. The quantitative estimate of drug-likeness (QED) is 0.866. The molecule has 5 nitrogen and oxygen atoms in total. The van der Waals surface area contributed by atoms with E-state index < -0.39 is 0 Å². The van der Waals surface area contributed by atoms with Crippen molar-refractivity contribution in [1.82, 2.24) is 19.9 Å². The number of benzene rings is 1. The summed E-state index contributed by atoms with van der Waals surface area (Å²) in [4.78, 5) is 9.09. The zero-order chi connectivity index (χ0) is 15.5. The molecule has 118 valence electrons. The molecular weight excluding hydrogens is 300 g/mol. The smallest absolute Gasteiger partial charge is 0.240 e. The van der Waals surface area contributed by atoms with E-state index in [9.17, 15) is 0 Å². The first kappa shape index (κ1) is 15.5. The average molecular weight is 321 g/mol. The van der Waals surface area contributed by atoms with E-state index in [0.29, 0.717) is 17.8 Å². The molecule has 1 aromatic heterocycles. The van der Waals surface area contributed by atoms with Gasteiger partial charge in [0.2, 0.25) is 5.89 Å². The lowest BCUT2D eigenvalue weighted by molar-refractivity contribution is 0.0905. The third-order valence-corrected chi connectivity index (χ3v) is 4.58. The third kappa shape index (κ3) is 3.48. The van der Waals surface area contributed by atoms with Gasteiger partial charge in [0.25, 0.3) is 0 Å². The van der Waals surface area contributed by atoms with Gasteiger partial charge >= 0.3 is 0 Å². The van der Waals surface area contributed by atoms with Crippen molar-refractivity contribution >= 4 is 11.6 Å². The van der Waals surface area contributed by atoms with Gasteiger partial charge in [0.05, 0.1) is 6.54 Å². The number of nitrogens with zero attached hydrogens (tertiary/aromatic N) is 4. The maximum Gasteiger partial charge on any atom is 0.240 e. The SMILES string of the molecule is Cc1noc(CN2CCN([C@H](C)c3ccccc3Cl)CC2)n1. The molecule has 0 amide bonds. The van der Waals surface area contributed by atoms with Crippen molar-refractivity contribution in [3.05, 3.63) is 46.6 Å². The van der Waals surface area contributed by atoms with Crippen LogP contribution in [0.3, 0.4) is 0 Å². The number of rotatable bonds is 4. The first-order chi connectivity index (χ1) is 10.6. The second-order valence-corrected chi connectivity index (χ2v) is 6.15. The summed E-state index contributed by atoms with van der Waals surface area (Å²) < 4.78 is 5.19. The molecule has 6 heteroatoms. The molecule has 0 radical (unpaired) electrons. The maximum atomic E-state index is 6.31. The Bertz CT molecular complexity index is 622. The van der Waals surface area contributed by atoms with Crippen LogP contribution in [-0.4, -0.2) is 46.1 Å². The van der Waals surface area contributed by atoms with Crippen LogP contribution in [0, 0.1) is 6.92 Å². The largest absolute Gasteiger partial charge is 0.338 e. The molecule has 1 saturated heterocycles. The highest BCUT2D eigenvalue weighted by molar-refractivity contribution is 6.31. The predicted octanol–water partition coefficient (Wildman–Crippen LogP) is 2.91. The molecule has 3 rings (SSSR count). The number of aryl methyl sites for hydroxylation is 1. The Morgan fingerprint density at radius 2 is 1.95 bits per heavy atom. The standard InChI is InChI=1S/C16H21ClN4O/c1-12(14-5-3-4-6-15(14)17)21-9-7-20(8-10-21)11-16-18-13(2)19-22-16/h3-6,12H,7-11H2,1-2H3/t12-/m1/s1. The number of halogens is 1. The Morgan fingerprint density at radius 1 is 1.23 bits per heavy atom. The second-order valence-electron chi connectivity index (χ2n) is 5.74. The molecular formula is C16H21ClN4O. The zero-order valence-corrected chi connectivity index (χ0v) is 13.8. The molecule has 0 unspecified atom stereocenters. The first-order valence-corrected chi connectivity index (χ1v) is 8.01. The van der Waals surface area contributed by atoms with E-state index in [2.05, 4.69) is 32.9 Å². The molecule has 0 saturated carbocycles. The van der Waals surface area contributed by atoms with Crippen LogP contribution in [0.4, 0.5) is 0 Å². The van der Waals surface area contributed by atoms with Gasteiger partial charge in [-0.3, -0.25) is 9.80 Å². The van der Waals surface area contributed by atoms with Gasteiger partial charge in [0.1, 0.15) is 0 Å². The highest BCUT2D eigenvalue weighted by Crippen LogP contribution is 2.27. The van der Waals surface area contributed by atoms with Gasteiger partial charge in [0.15, 0.2) is 5.82 Å². The van der Waals surface area contributed by atoms with Crippen LogP contribution in [0.25, 0.3) is 0 Å². The fourth-order valence-corrected chi connectivity index (χ4v) is 3.21. The van der Waals surface area contributed by atoms with Crippen molar-refractivity contribution in [2.24, 2.45) is 0 Å². The van der Waals surface area contributed by atoms with E-state index >= 15 is 0 Å². The minimum Gasteiger partial charge on any atom is -0.338 e. The fourth-order valence-electron chi connectivity index (χ4n) is 2.91. The Labute approximate surface area is 135 Å². The number of hydrogen-bond acceptors (Lipinski definition) is 5. The molecule has 2 heterocycles. The van der Waals surface area contributed by atoms with Crippen molar-refractivity contribution in [2.45, 2.75) is 26.4 Å². The van der Waals surface area contributed by atoms with Crippen molar-refractivity contribution in [1.29, 1.82) is 0 Å². The van der Waals surface area contributed by atoms with Crippen molar-refractivity contribution in [2.75, 3.05) is 26.2 Å². The molecule has 0 spiro atoms. The summed E-state index contributed by atoms with van der Waals surface area (Å²) in [6.45, 7) is 8.81. The number of hydrogen-bond donors (Lipinski definition) is 0. The molecule has 2 aromatic rings. The summed E-state index contributed by atoms with van der Waals surface area (Å²) in [6.07, 6.45) is 0. The summed E-state index contributed by atoms with van der Waals surface area (Å²) in [5.74, 6) is 1.39. The number of piperazine rings is 1. The Kier molecular flexibility index (Phi) is 4.76. The first-order valence-electron chi connectivity index (χ1n) is 7.63. The average Bonchev–Trinajstić information content (AvgIpc) is 2.93. The lowest BCUT2D eigenvalue weighted by Crippen LogP contribution is -2.46. The molecule has 1 atom stereocenters. The molecule has 22 heavy (non-hydrogen) atoms. The number of aromatic nitrogens is 2. The lowest BCUT2D eigenvalue weighted by atomic mass is 10.1. The van der Waals surface area contributed by atoms with Crippen LogP contribution in [0.5, 0.6) is 0 Å². The summed E-state index contributed by atoms with van der Waals surface area (Å²) in [5, 5.41) is 4.68. The highest BCUT2D eigenvalue weighted by Gasteiger charge is 2.24. The van der Waals surface area contributed by atoms with Gasteiger partial charge in [-0.15, -0.1) is 0 Å². The summed E-state index contributed by atoms with van der Waals surface area (Å²) in [5.41, 5.74) is 1.20. The Morgan fingerprint density at radius 3 is 2.59 bits per heavy atom. The van der Waals surface area contributed by atoms with Crippen LogP contribution in [0.15, 0.2) is 28.8 Å². The van der Waals surface area contributed by atoms with Crippen LogP contribution < -0.4 is 0 Å². The maximum absolute atomic E-state index is 6.31. The van der Waals surface area contributed by atoms with Gasteiger partial charge in [-0.2, -0.15) is 4.98 Å². The summed E-state index contributed by atoms with van der Waals surface area (Å²) in [7, 11) is 0. The molecule has 1 fully saturated rings. The highest BCUT2D eigenvalue weighted by atomic mass is 35.5. The topological polar surface area (TPSA) is 45.4 Å². The normalized spacial score (nSPS) is 18.5. The minimum absolute atomic E-state index is 0.335. The van der Waals surface area contributed by atoms with E-state index in [1.807, 2.05) is 25.1 Å². The van der Waals surface area contributed by atoms with Gasteiger partial charge in [-0.1, -0.05) is 35.0 Å². The summed E-state index contributed by atoms with van der Waals surface area (Å²) in [6, 6.07) is 8.43. The molecule has 1 aliphatic rings. The zero-order valence-electron chi connectivity index (χ0n) is 13.0. The van der Waals surface area contributed by atoms with Gasteiger partial charge in [-0.05, 0) is 25.5 Å². The third-order valence-electron chi connectivity index (χ3n) is 4.24. The summed E-state index contributed by atoms with van der Waals surface area (Å²) >= 11 is 6.31. The Hall–Kier alpha value is -1.43. The van der Waals surface area contributed by atoms with Crippen LogP contribution in [0.2, 0.25) is 5.02 Å². The van der Waals surface area contributed by atoms with Crippen LogP contribution in [0.1, 0.15) is 30.2 Å². The van der Waals surface area contributed by atoms with Gasteiger partial charge < -0.3 is 4.52 Å². The minimum atomic E-state index is 0.335. The fraction of sp³-hybridized carbons (Fsp3) is 0.500. The van der Waals surface area contributed by atoms with E-state index in [1.165, 1.54) is 5.56 Å². The van der Waals surface area contributed by atoms with Crippen LogP contribution in [-0.2, 0) is 6.54 Å². The lowest BCUT2D eigenvalue weighted by Gasteiger charge is -2.37. The molecule has 1 aliphatic heterocycles. The van der Waals surface area contributed by atoms with E-state index in [-0.39, 0.29) is 0 Å². The molecule has 0 bridgehead atoms. The molecule has 1 aromatic carbocycles. The monoisotopic (exact) mass is 320 g/mol. The van der Waals surface area contributed by atoms with E-state index in [4.69, 9.17) is 16.1 Å². The van der Waals surface area contributed by atoms with E-state index in [0.717, 1.165) is 37.7 Å².